The zero-order valence-electron chi connectivity index (χ0n) is 16.4. The average molecular weight is 362 g/mol. The number of benzene rings is 1. The lowest BCUT2D eigenvalue weighted by Gasteiger charge is -2.31. The number of aryl methyl sites for hydroxylation is 3. The fourth-order valence-corrected chi connectivity index (χ4v) is 3.43. The summed E-state index contributed by atoms with van der Waals surface area (Å²) in [5, 5.41) is 4.33. The molecule has 0 saturated heterocycles. The van der Waals surface area contributed by atoms with Crippen molar-refractivity contribution < 1.29 is 4.79 Å². The maximum Gasteiger partial charge on any atom is 0.272 e. The lowest BCUT2D eigenvalue weighted by atomic mass is 9.96. The van der Waals surface area contributed by atoms with Gasteiger partial charge in [-0.1, -0.05) is 37.3 Å². The van der Waals surface area contributed by atoms with Crippen LogP contribution >= 0.6 is 0 Å². The van der Waals surface area contributed by atoms with E-state index in [9.17, 15) is 4.79 Å². The predicted molar refractivity (Wildman–Crippen MR) is 107 cm³/mol. The van der Waals surface area contributed by atoms with Crippen molar-refractivity contribution in [1.82, 2.24) is 19.7 Å². The Balaban J connectivity index is 2.07. The lowest BCUT2D eigenvalue weighted by Crippen LogP contribution is -2.36. The second-order valence-electron chi connectivity index (χ2n) is 6.67. The molecule has 1 aromatic carbocycles. The van der Waals surface area contributed by atoms with Crippen LogP contribution in [0, 0.1) is 6.92 Å². The Labute approximate surface area is 160 Å². The Morgan fingerprint density at radius 2 is 1.89 bits per heavy atom. The first-order chi connectivity index (χ1) is 13.0. The van der Waals surface area contributed by atoms with Crippen LogP contribution in [-0.2, 0) is 13.5 Å². The van der Waals surface area contributed by atoms with E-state index in [1.807, 2.05) is 50.2 Å². The summed E-state index contributed by atoms with van der Waals surface area (Å²) in [5.41, 5.74) is 4.78. The number of amides is 1. The summed E-state index contributed by atoms with van der Waals surface area (Å²) in [5.74, 6) is -0.0333. The number of carbonyl (C=O) groups is 1. The van der Waals surface area contributed by atoms with Gasteiger partial charge >= 0.3 is 0 Å². The fourth-order valence-electron chi connectivity index (χ4n) is 3.43. The fraction of sp³-hybridized carbons (Fsp3) is 0.318. The van der Waals surface area contributed by atoms with Crippen molar-refractivity contribution in [3.63, 3.8) is 0 Å². The monoisotopic (exact) mass is 362 g/mol. The van der Waals surface area contributed by atoms with Gasteiger partial charge < -0.3 is 4.90 Å². The van der Waals surface area contributed by atoms with Crippen LogP contribution in [0.4, 0.5) is 0 Å². The third-order valence-corrected chi connectivity index (χ3v) is 4.84. The molecule has 0 radical (unpaired) electrons. The van der Waals surface area contributed by atoms with Crippen molar-refractivity contribution >= 4 is 5.91 Å². The Morgan fingerprint density at radius 1 is 1.15 bits per heavy atom. The van der Waals surface area contributed by atoms with Gasteiger partial charge in [-0.2, -0.15) is 5.10 Å². The SMILES string of the molecule is CCc1ccc([C@H](c2cccnc2)N(CC)C(=O)c2cc(C)nn2C)cc1. The number of pyridine rings is 1. The van der Waals surface area contributed by atoms with Crippen LogP contribution in [0.1, 0.15) is 52.8 Å². The highest BCUT2D eigenvalue weighted by molar-refractivity contribution is 5.93. The van der Waals surface area contributed by atoms with Crippen molar-refractivity contribution in [3.05, 3.63) is 82.9 Å². The van der Waals surface area contributed by atoms with Crippen molar-refractivity contribution in [2.24, 2.45) is 7.05 Å². The van der Waals surface area contributed by atoms with Crippen LogP contribution < -0.4 is 0 Å². The van der Waals surface area contributed by atoms with E-state index in [1.165, 1.54) is 5.56 Å². The third-order valence-electron chi connectivity index (χ3n) is 4.84. The van der Waals surface area contributed by atoms with Crippen molar-refractivity contribution in [3.8, 4) is 0 Å². The van der Waals surface area contributed by atoms with E-state index in [-0.39, 0.29) is 11.9 Å². The van der Waals surface area contributed by atoms with Crippen molar-refractivity contribution in [2.75, 3.05) is 6.54 Å². The molecule has 0 N–H and O–H groups in total. The van der Waals surface area contributed by atoms with E-state index >= 15 is 0 Å². The zero-order chi connectivity index (χ0) is 19.4. The average Bonchev–Trinajstić information content (AvgIpc) is 3.04. The summed E-state index contributed by atoms with van der Waals surface area (Å²) < 4.78 is 1.65. The molecular formula is C22H26N4O. The topological polar surface area (TPSA) is 51.0 Å². The molecule has 0 bridgehead atoms. The van der Waals surface area contributed by atoms with Gasteiger partial charge in [-0.3, -0.25) is 14.5 Å². The molecule has 5 nitrogen and oxygen atoms in total. The third kappa shape index (κ3) is 3.92. The molecule has 0 aliphatic heterocycles. The molecule has 27 heavy (non-hydrogen) atoms. The molecule has 0 aliphatic carbocycles. The molecule has 1 amide bonds. The van der Waals surface area contributed by atoms with Gasteiger partial charge in [-0.25, -0.2) is 0 Å². The number of hydrogen-bond donors (Lipinski definition) is 0. The Bertz CT molecular complexity index is 900. The maximum atomic E-state index is 13.4. The first-order valence-corrected chi connectivity index (χ1v) is 9.35. The largest absolute Gasteiger partial charge is 0.326 e. The van der Waals surface area contributed by atoms with Crippen LogP contribution in [-0.4, -0.2) is 32.1 Å². The van der Waals surface area contributed by atoms with E-state index in [0.29, 0.717) is 12.2 Å². The summed E-state index contributed by atoms with van der Waals surface area (Å²) >= 11 is 0. The van der Waals surface area contributed by atoms with Gasteiger partial charge in [-0.05, 0) is 49.1 Å². The highest BCUT2D eigenvalue weighted by Gasteiger charge is 2.28. The maximum absolute atomic E-state index is 13.4. The number of hydrogen-bond acceptors (Lipinski definition) is 3. The van der Waals surface area contributed by atoms with Crippen LogP contribution in [0.5, 0.6) is 0 Å². The predicted octanol–water partition coefficient (Wildman–Crippen LogP) is 3.94. The number of rotatable bonds is 6. The van der Waals surface area contributed by atoms with Gasteiger partial charge in [0.2, 0.25) is 0 Å². The first-order valence-electron chi connectivity index (χ1n) is 9.35. The number of carbonyl (C=O) groups excluding carboxylic acids is 1. The highest BCUT2D eigenvalue weighted by atomic mass is 16.2. The van der Waals surface area contributed by atoms with Gasteiger partial charge in [0, 0.05) is 26.0 Å². The van der Waals surface area contributed by atoms with E-state index in [1.54, 1.807) is 10.9 Å². The van der Waals surface area contributed by atoms with Gasteiger partial charge in [-0.15, -0.1) is 0 Å². The minimum Gasteiger partial charge on any atom is -0.326 e. The Hall–Kier alpha value is -2.95. The molecule has 1 atom stereocenters. The van der Waals surface area contributed by atoms with Gasteiger partial charge in [0.15, 0.2) is 0 Å². The number of aromatic nitrogens is 3. The van der Waals surface area contributed by atoms with Crippen molar-refractivity contribution in [2.45, 2.75) is 33.2 Å². The molecule has 5 heteroatoms. The van der Waals surface area contributed by atoms with E-state index < -0.39 is 0 Å². The molecule has 0 aliphatic rings. The molecule has 0 unspecified atom stereocenters. The summed E-state index contributed by atoms with van der Waals surface area (Å²) in [6.45, 7) is 6.62. The molecule has 0 fully saturated rings. The van der Waals surface area contributed by atoms with E-state index in [4.69, 9.17) is 0 Å². The summed E-state index contributed by atoms with van der Waals surface area (Å²) in [7, 11) is 1.81. The minimum absolute atomic E-state index is 0.0333. The van der Waals surface area contributed by atoms with E-state index in [2.05, 4.69) is 41.3 Å². The minimum atomic E-state index is -0.197. The lowest BCUT2D eigenvalue weighted by molar-refractivity contribution is 0.0705. The molecule has 0 spiro atoms. The normalized spacial score (nSPS) is 12.0. The van der Waals surface area contributed by atoms with Crippen LogP contribution in [0.15, 0.2) is 54.9 Å². The number of nitrogens with zero attached hydrogens (tertiary/aromatic N) is 4. The molecule has 140 valence electrons. The van der Waals surface area contributed by atoms with Crippen LogP contribution in [0.3, 0.4) is 0 Å². The summed E-state index contributed by atoms with van der Waals surface area (Å²) in [4.78, 5) is 19.5. The standard InChI is InChI=1S/C22H26N4O/c1-5-17-9-11-18(12-10-17)21(19-8-7-13-23-15-19)26(6-2)22(27)20-14-16(3)24-25(20)4/h7-15,21H,5-6H2,1-4H3/t21-/m1/s1. The highest BCUT2D eigenvalue weighted by Crippen LogP contribution is 2.30. The Kier molecular flexibility index (Phi) is 5.69. The Morgan fingerprint density at radius 3 is 2.41 bits per heavy atom. The summed E-state index contributed by atoms with van der Waals surface area (Å²) in [6.07, 6.45) is 4.58. The smallest absolute Gasteiger partial charge is 0.272 e. The molecule has 2 aromatic heterocycles. The zero-order valence-corrected chi connectivity index (χ0v) is 16.4. The molecule has 0 saturated carbocycles. The second kappa shape index (κ2) is 8.16. The molecule has 3 aromatic rings. The molecule has 2 heterocycles. The molecular weight excluding hydrogens is 336 g/mol. The van der Waals surface area contributed by atoms with Gasteiger partial charge in [0.05, 0.1) is 11.7 Å². The van der Waals surface area contributed by atoms with E-state index in [0.717, 1.165) is 23.2 Å². The first kappa shape index (κ1) is 18.8. The van der Waals surface area contributed by atoms with Crippen LogP contribution in [0.2, 0.25) is 0 Å². The van der Waals surface area contributed by atoms with Crippen molar-refractivity contribution in [1.29, 1.82) is 0 Å². The van der Waals surface area contributed by atoms with Gasteiger partial charge in [0.1, 0.15) is 5.69 Å². The molecule has 3 rings (SSSR count). The summed E-state index contributed by atoms with van der Waals surface area (Å²) in [6, 6.07) is 14.1. The second-order valence-corrected chi connectivity index (χ2v) is 6.67. The quantitative estimate of drug-likeness (QED) is 0.667. The van der Waals surface area contributed by atoms with Gasteiger partial charge in [0.25, 0.3) is 5.91 Å². The van der Waals surface area contributed by atoms with Crippen LogP contribution in [0.25, 0.3) is 0 Å².